The van der Waals surface area contributed by atoms with Gasteiger partial charge in [-0.25, -0.2) is 14.4 Å². The van der Waals surface area contributed by atoms with Crippen LogP contribution in [0.2, 0.25) is 5.02 Å². The second-order valence-corrected chi connectivity index (χ2v) is 9.18. The Morgan fingerprint density at radius 2 is 1.98 bits per heavy atom. The molecule has 0 radical (unpaired) electrons. The van der Waals surface area contributed by atoms with E-state index < -0.39 is 11.7 Å². The Kier molecular flexibility index (Phi) is 6.90. The van der Waals surface area contributed by atoms with E-state index >= 15 is 4.39 Å². The van der Waals surface area contributed by atoms with E-state index in [2.05, 4.69) is 32.9 Å². The highest BCUT2D eigenvalue weighted by Gasteiger charge is 2.25. The van der Waals surface area contributed by atoms with Crippen molar-refractivity contribution < 1.29 is 13.9 Å². The fraction of sp³-hybridized carbons (Fsp3) is 0.0690. The average Bonchev–Trinajstić information content (AvgIpc) is 3.25. The Labute approximate surface area is 233 Å². The van der Waals surface area contributed by atoms with E-state index in [1.54, 1.807) is 54.9 Å². The van der Waals surface area contributed by atoms with Gasteiger partial charge in [0.1, 0.15) is 23.5 Å². The molecule has 3 heterocycles. The zero-order valence-corrected chi connectivity index (χ0v) is 22.1. The Hall–Kier alpha value is -5.27. The van der Waals surface area contributed by atoms with E-state index in [0.29, 0.717) is 44.2 Å². The molecule has 0 unspecified atom stereocenters. The second kappa shape index (κ2) is 10.5. The third kappa shape index (κ3) is 4.70. The molecule has 0 atom stereocenters. The molecule has 9 nitrogen and oxygen atoms in total. The van der Waals surface area contributed by atoms with E-state index in [-0.39, 0.29) is 28.6 Å². The molecule has 40 heavy (non-hydrogen) atoms. The van der Waals surface area contributed by atoms with Crippen molar-refractivity contribution in [3.05, 3.63) is 89.6 Å². The molecule has 1 amide bonds. The maximum absolute atomic E-state index is 15.6. The van der Waals surface area contributed by atoms with Crippen molar-refractivity contribution in [3.63, 3.8) is 0 Å². The number of nitrogens with two attached hydrogens (primary N) is 1. The lowest BCUT2D eigenvalue weighted by Crippen LogP contribution is -2.07. The van der Waals surface area contributed by atoms with E-state index in [1.807, 2.05) is 0 Å². The van der Waals surface area contributed by atoms with Gasteiger partial charge in [-0.2, -0.15) is 10.2 Å². The molecule has 0 spiro atoms. The molecular formula is C29H21ClFN7O2. The highest BCUT2D eigenvalue weighted by Crippen LogP contribution is 2.44. The molecule has 198 valence electrons. The third-order valence-corrected chi connectivity index (χ3v) is 6.66. The third-order valence-electron chi connectivity index (χ3n) is 6.29. The Bertz CT molecular complexity index is 1860. The Morgan fingerprint density at radius 3 is 2.62 bits per heavy atom. The van der Waals surface area contributed by atoms with E-state index in [4.69, 9.17) is 22.1 Å². The smallest absolute Gasteiger partial charge is 0.322 e. The largest absolute Gasteiger partial charge is 0.424 e. The normalized spacial score (nSPS) is 10.8. The number of rotatable bonds is 6. The van der Waals surface area contributed by atoms with Crippen LogP contribution in [0.4, 0.5) is 15.9 Å². The van der Waals surface area contributed by atoms with Crippen LogP contribution in [0.15, 0.2) is 67.5 Å². The first-order valence-electron chi connectivity index (χ1n) is 11.9. The van der Waals surface area contributed by atoms with Crippen LogP contribution in [0.25, 0.3) is 33.3 Å². The Morgan fingerprint density at radius 1 is 1.23 bits per heavy atom. The molecule has 2 aromatic carbocycles. The second-order valence-electron chi connectivity index (χ2n) is 8.78. The summed E-state index contributed by atoms with van der Waals surface area (Å²) < 4.78 is 23.1. The van der Waals surface area contributed by atoms with Crippen molar-refractivity contribution in [2.45, 2.75) is 6.92 Å². The first kappa shape index (κ1) is 26.3. The van der Waals surface area contributed by atoms with Crippen LogP contribution in [0, 0.1) is 24.1 Å². The summed E-state index contributed by atoms with van der Waals surface area (Å²) in [6, 6.07) is 13.6. The van der Waals surface area contributed by atoms with Gasteiger partial charge in [0.25, 0.3) is 0 Å². The number of ether oxygens (including phenoxy) is 1. The standard InChI is InChI=1S/C29H21ClFN7O2/c1-4-23(39)37-18-7-10-20(22(31)11-18)27-24(25-26(38(27)3)17(12-32)13-34-28(25)33)16-5-8-19(9-6-16)40-29-35-14-21(30)15(2)36-29/h4-11,13-14H,1H2,2-3H3,(H2,33,34)(H,37,39). The van der Waals surface area contributed by atoms with Crippen molar-refractivity contribution in [2.24, 2.45) is 7.05 Å². The van der Waals surface area contributed by atoms with Gasteiger partial charge in [-0.3, -0.25) is 4.79 Å². The summed E-state index contributed by atoms with van der Waals surface area (Å²) >= 11 is 6.00. The molecule has 0 bridgehead atoms. The summed E-state index contributed by atoms with van der Waals surface area (Å²) in [5, 5.41) is 13.3. The molecule has 3 N–H and O–H groups in total. The van der Waals surface area contributed by atoms with Gasteiger partial charge in [-0.15, -0.1) is 0 Å². The van der Waals surface area contributed by atoms with E-state index in [9.17, 15) is 10.1 Å². The fourth-order valence-electron chi connectivity index (χ4n) is 4.44. The van der Waals surface area contributed by atoms with Crippen LogP contribution in [-0.2, 0) is 11.8 Å². The lowest BCUT2D eigenvalue weighted by Gasteiger charge is -2.12. The zero-order chi connectivity index (χ0) is 28.6. The summed E-state index contributed by atoms with van der Waals surface area (Å²) in [4.78, 5) is 24.2. The van der Waals surface area contributed by atoms with Gasteiger partial charge in [-0.05, 0) is 48.9 Å². The predicted molar refractivity (Wildman–Crippen MR) is 151 cm³/mol. The van der Waals surface area contributed by atoms with Crippen molar-refractivity contribution in [1.29, 1.82) is 5.26 Å². The summed E-state index contributed by atoms with van der Waals surface area (Å²) in [6.45, 7) is 5.16. The number of anilines is 2. The molecule has 0 saturated heterocycles. The number of pyridine rings is 1. The first-order valence-corrected chi connectivity index (χ1v) is 12.3. The summed E-state index contributed by atoms with van der Waals surface area (Å²) in [5.41, 5.74) is 9.93. The molecular weight excluding hydrogens is 533 g/mol. The number of amides is 1. The van der Waals surface area contributed by atoms with Gasteiger partial charge in [0.2, 0.25) is 5.91 Å². The minimum atomic E-state index is -0.589. The van der Waals surface area contributed by atoms with Crippen LogP contribution < -0.4 is 15.8 Å². The van der Waals surface area contributed by atoms with Gasteiger partial charge in [0, 0.05) is 30.1 Å². The maximum Gasteiger partial charge on any atom is 0.322 e. The number of aromatic nitrogens is 4. The number of hydrogen-bond donors (Lipinski definition) is 2. The number of aryl methyl sites for hydroxylation is 2. The SMILES string of the molecule is C=CC(=O)Nc1ccc(-c2c(-c3ccc(Oc4ncc(Cl)c(C)n4)cc3)c3c(N)ncc(C#N)c3n2C)c(F)c1. The number of benzene rings is 2. The van der Waals surface area contributed by atoms with E-state index in [1.165, 1.54) is 18.5 Å². The summed E-state index contributed by atoms with van der Waals surface area (Å²) in [6.07, 6.45) is 3.95. The molecule has 0 aliphatic heterocycles. The summed E-state index contributed by atoms with van der Waals surface area (Å²) in [5.74, 6) is -0.401. The van der Waals surface area contributed by atoms with Gasteiger partial charge < -0.3 is 20.4 Å². The van der Waals surface area contributed by atoms with Gasteiger partial charge in [-0.1, -0.05) is 30.3 Å². The lowest BCUT2D eigenvalue weighted by molar-refractivity contribution is -0.111. The summed E-state index contributed by atoms with van der Waals surface area (Å²) in [7, 11) is 1.73. The van der Waals surface area contributed by atoms with Crippen LogP contribution in [-0.4, -0.2) is 25.4 Å². The maximum atomic E-state index is 15.6. The number of fused-ring (bicyclic) bond motifs is 1. The van der Waals surface area contributed by atoms with Gasteiger partial charge in [0.05, 0.1) is 39.1 Å². The average molecular weight is 554 g/mol. The molecule has 5 rings (SSSR count). The van der Waals surface area contributed by atoms with Gasteiger partial charge >= 0.3 is 6.01 Å². The monoisotopic (exact) mass is 553 g/mol. The molecule has 3 aromatic heterocycles. The van der Waals surface area contributed by atoms with Crippen molar-refractivity contribution in [1.82, 2.24) is 19.5 Å². The zero-order valence-electron chi connectivity index (χ0n) is 21.4. The molecule has 11 heteroatoms. The number of hydrogen-bond acceptors (Lipinski definition) is 7. The number of halogens is 2. The van der Waals surface area contributed by atoms with Crippen LogP contribution in [0.5, 0.6) is 11.8 Å². The molecule has 0 aliphatic carbocycles. The predicted octanol–water partition coefficient (Wildman–Crippen LogP) is 6.17. The number of nitriles is 1. The van der Waals surface area contributed by atoms with Crippen LogP contribution in [0.1, 0.15) is 11.3 Å². The first-order chi connectivity index (χ1) is 19.2. The molecule has 0 aliphatic rings. The highest BCUT2D eigenvalue weighted by molar-refractivity contribution is 6.31. The van der Waals surface area contributed by atoms with E-state index in [0.717, 1.165) is 6.08 Å². The number of carbonyl (C=O) groups is 1. The number of nitrogens with zero attached hydrogens (tertiary/aromatic N) is 5. The minimum absolute atomic E-state index is 0.137. The van der Waals surface area contributed by atoms with Crippen molar-refractivity contribution in [2.75, 3.05) is 11.1 Å². The Balaban J connectivity index is 1.67. The number of carbonyl (C=O) groups excluding carboxylic acids is 1. The van der Waals surface area contributed by atoms with Crippen molar-refractivity contribution in [3.8, 4) is 40.2 Å². The quantitative estimate of drug-likeness (QED) is 0.240. The minimum Gasteiger partial charge on any atom is -0.424 e. The topological polar surface area (TPSA) is 132 Å². The highest BCUT2D eigenvalue weighted by atomic mass is 35.5. The lowest BCUT2D eigenvalue weighted by atomic mass is 9.97. The van der Waals surface area contributed by atoms with Crippen molar-refractivity contribution >= 4 is 39.9 Å². The molecule has 0 fully saturated rings. The molecule has 0 saturated carbocycles. The fourth-order valence-corrected chi connectivity index (χ4v) is 4.53. The number of nitrogen functional groups attached to an aromatic ring is 1. The number of nitrogens with one attached hydrogen (secondary N) is 1. The van der Waals surface area contributed by atoms with Crippen LogP contribution >= 0.6 is 11.6 Å². The molecule has 5 aromatic rings. The van der Waals surface area contributed by atoms with Gasteiger partial charge in [0.15, 0.2) is 0 Å². The van der Waals surface area contributed by atoms with Crippen LogP contribution in [0.3, 0.4) is 0 Å².